The molecule has 0 radical (unpaired) electrons. The second-order valence-corrected chi connectivity index (χ2v) is 4.80. The Kier molecular flexibility index (Phi) is 3.31. The zero-order valence-corrected chi connectivity index (χ0v) is 11.2. The highest BCUT2D eigenvalue weighted by Gasteiger charge is 2.14. The minimum absolute atomic E-state index is 0.289. The Hall–Kier alpha value is -2.46. The van der Waals surface area contributed by atoms with Gasteiger partial charge < -0.3 is 5.73 Å². The summed E-state index contributed by atoms with van der Waals surface area (Å²) in [5.74, 6) is 1.35. The molecule has 1 heterocycles. The van der Waals surface area contributed by atoms with Gasteiger partial charge in [0.25, 0.3) is 0 Å². The molecule has 0 amide bonds. The second-order valence-electron chi connectivity index (χ2n) is 4.80. The molecule has 3 aromatic rings. The number of aromatic nitrogens is 3. The molecule has 100 valence electrons. The number of benzene rings is 2. The molecular weight excluding hydrogens is 248 g/mol. The summed E-state index contributed by atoms with van der Waals surface area (Å²) < 4.78 is 0. The van der Waals surface area contributed by atoms with E-state index in [1.807, 2.05) is 54.6 Å². The summed E-state index contributed by atoms with van der Waals surface area (Å²) in [5, 5.41) is 7.18. The van der Waals surface area contributed by atoms with Crippen LogP contribution in [-0.2, 0) is 0 Å². The van der Waals surface area contributed by atoms with Crippen LogP contribution in [0.4, 0.5) is 0 Å². The van der Waals surface area contributed by atoms with Crippen LogP contribution in [-0.4, -0.2) is 15.2 Å². The van der Waals surface area contributed by atoms with Crippen LogP contribution in [0.15, 0.2) is 54.6 Å². The zero-order chi connectivity index (χ0) is 13.9. The van der Waals surface area contributed by atoms with Crippen LogP contribution >= 0.6 is 0 Å². The van der Waals surface area contributed by atoms with Crippen molar-refractivity contribution in [2.24, 2.45) is 5.73 Å². The lowest BCUT2D eigenvalue weighted by Crippen LogP contribution is -2.13. The number of nitrogens with zero attached hydrogens (tertiary/aromatic N) is 2. The van der Waals surface area contributed by atoms with E-state index in [1.54, 1.807) is 0 Å². The molecule has 0 saturated heterocycles. The lowest BCUT2D eigenvalue weighted by molar-refractivity contribution is 0.787. The maximum Gasteiger partial charge on any atom is 0.181 e. The van der Waals surface area contributed by atoms with Gasteiger partial charge >= 0.3 is 0 Å². The summed E-state index contributed by atoms with van der Waals surface area (Å²) in [4.78, 5) is 4.49. The summed E-state index contributed by atoms with van der Waals surface area (Å²) in [7, 11) is 0. The van der Waals surface area contributed by atoms with Gasteiger partial charge in [-0.25, -0.2) is 4.98 Å². The van der Waals surface area contributed by atoms with E-state index in [0.29, 0.717) is 11.6 Å². The van der Waals surface area contributed by atoms with E-state index in [4.69, 9.17) is 5.73 Å². The number of nitrogens with one attached hydrogen (secondary N) is 1. The highest BCUT2D eigenvalue weighted by molar-refractivity contribution is 5.55. The molecule has 4 nitrogen and oxygen atoms in total. The Morgan fingerprint density at radius 3 is 2.40 bits per heavy atom. The van der Waals surface area contributed by atoms with Crippen molar-refractivity contribution in [3.63, 3.8) is 0 Å². The number of aryl methyl sites for hydroxylation is 1. The van der Waals surface area contributed by atoms with Crippen LogP contribution in [0.25, 0.3) is 11.4 Å². The molecule has 3 rings (SSSR count). The number of nitrogens with two attached hydrogens (primary N) is 1. The number of hydrogen-bond acceptors (Lipinski definition) is 3. The number of H-pyrrole nitrogens is 1. The Morgan fingerprint density at radius 1 is 1.00 bits per heavy atom. The van der Waals surface area contributed by atoms with E-state index in [1.165, 1.54) is 5.56 Å². The van der Waals surface area contributed by atoms with Crippen molar-refractivity contribution in [3.05, 3.63) is 71.5 Å². The molecule has 0 aliphatic carbocycles. The quantitative estimate of drug-likeness (QED) is 0.764. The third-order valence-electron chi connectivity index (χ3n) is 3.27. The van der Waals surface area contributed by atoms with Crippen LogP contribution < -0.4 is 5.73 Å². The molecule has 20 heavy (non-hydrogen) atoms. The lowest BCUT2D eigenvalue weighted by atomic mass is 10.1. The average Bonchev–Trinajstić information content (AvgIpc) is 2.98. The fraction of sp³-hybridized carbons (Fsp3) is 0.125. The third kappa shape index (κ3) is 2.46. The SMILES string of the molecule is Cc1ccc(-c2n[nH]c([C@H](N)c3ccccc3)n2)cc1. The summed E-state index contributed by atoms with van der Waals surface area (Å²) in [5.41, 5.74) is 9.41. The fourth-order valence-electron chi connectivity index (χ4n) is 2.06. The first kappa shape index (κ1) is 12.6. The predicted octanol–water partition coefficient (Wildman–Crippen LogP) is 2.83. The Labute approximate surface area is 117 Å². The largest absolute Gasteiger partial charge is 0.318 e. The first-order valence-corrected chi connectivity index (χ1v) is 6.54. The molecule has 1 atom stereocenters. The molecule has 0 fully saturated rings. The van der Waals surface area contributed by atoms with Gasteiger partial charge in [0, 0.05) is 5.56 Å². The molecule has 0 aliphatic heterocycles. The Morgan fingerprint density at radius 2 is 1.70 bits per heavy atom. The van der Waals surface area contributed by atoms with Gasteiger partial charge in [-0.1, -0.05) is 60.2 Å². The van der Waals surface area contributed by atoms with Crippen molar-refractivity contribution >= 4 is 0 Å². The van der Waals surface area contributed by atoms with Crippen LogP contribution in [0.3, 0.4) is 0 Å². The van der Waals surface area contributed by atoms with Crippen molar-refractivity contribution in [3.8, 4) is 11.4 Å². The fourth-order valence-corrected chi connectivity index (χ4v) is 2.06. The number of rotatable bonds is 3. The number of hydrogen-bond donors (Lipinski definition) is 2. The molecule has 0 bridgehead atoms. The topological polar surface area (TPSA) is 67.6 Å². The molecular formula is C16H16N4. The molecule has 0 unspecified atom stereocenters. The third-order valence-corrected chi connectivity index (χ3v) is 3.27. The van der Waals surface area contributed by atoms with Gasteiger partial charge in [-0.3, -0.25) is 5.10 Å². The minimum atomic E-state index is -0.289. The normalized spacial score (nSPS) is 12.3. The van der Waals surface area contributed by atoms with E-state index in [-0.39, 0.29) is 6.04 Å². The van der Waals surface area contributed by atoms with Crippen molar-refractivity contribution in [1.82, 2.24) is 15.2 Å². The van der Waals surface area contributed by atoms with E-state index in [2.05, 4.69) is 22.1 Å². The van der Waals surface area contributed by atoms with Gasteiger partial charge in [0.2, 0.25) is 0 Å². The van der Waals surface area contributed by atoms with Crippen molar-refractivity contribution < 1.29 is 0 Å². The Bertz CT molecular complexity index is 686. The van der Waals surface area contributed by atoms with Crippen LogP contribution in [0.1, 0.15) is 23.0 Å². The smallest absolute Gasteiger partial charge is 0.181 e. The van der Waals surface area contributed by atoms with E-state index >= 15 is 0 Å². The van der Waals surface area contributed by atoms with Crippen LogP contribution in [0.2, 0.25) is 0 Å². The van der Waals surface area contributed by atoms with Gasteiger partial charge in [-0.05, 0) is 12.5 Å². The van der Waals surface area contributed by atoms with Crippen molar-refractivity contribution in [2.45, 2.75) is 13.0 Å². The maximum atomic E-state index is 6.20. The van der Waals surface area contributed by atoms with Gasteiger partial charge in [0.1, 0.15) is 5.82 Å². The number of aromatic amines is 1. The molecule has 0 saturated carbocycles. The molecule has 1 aromatic heterocycles. The highest BCUT2D eigenvalue weighted by atomic mass is 15.2. The van der Waals surface area contributed by atoms with Crippen molar-refractivity contribution in [1.29, 1.82) is 0 Å². The van der Waals surface area contributed by atoms with Crippen molar-refractivity contribution in [2.75, 3.05) is 0 Å². The summed E-state index contributed by atoms with van der Waals surface area (Å²) in [6.45, 7) is 2.05. The highest BCUT2D eigenvalue weighted by Crippen LogP contribution is 2.20. The standard InChI is InChI=1S/C16H16N4/c1-11-7-9-13(10-8-11)15-18-16(20-19-15)14(17)12-5-3-2-4-6-12/h2-10,14H,17H2,1H3,(H,18,19,20)/t14-/m1/s1. The van der Waals surface area contributed by atoms with E-state index in [9.17, 15) is 0 Å². The predicted molar refractivity (Wildman–Crippen MR) is 79.0 cm³/mol. The minimum Gasteiger partial charge on any atom is -0.318 e. The first-order chi connectivity index (χ1) is 9.74. The first-order valence-electron chi connectivity index (χ1n) is 6.54. The van der Waals surface area contributed by atoms with Gasteiger partial charge in [0.05, 0.1) is 6.04 Å². The molecule has 0 spiro atoms. The van der Waals surface area contributed by atoms with E-state index < -0.39 is 0 Å². The van der Waals surface area contributed by atoms with Gasteiger partial charge in [-0.15, -0.1) is 0 Å². The molecule has 0 aliphatic rings. The summed E-state index contributed by atoms with van der Waals surface area (Å²) in [6.07, 6.45) is 0. The summed E-state index contributed by atoms with van der Waals surface area (Å²) >= 11 is 0. The monoisotopic (exact) mass is 264 g/mol. The second kappa shape index (κ2) is 5.27. The van der Waals surface area contributed by atoms with Gasteiger partial charge in [-0.2, -0.15) is 5.10 Å². The zero-order valence-electron chi connectivity index (χ0n) is 11.2. The molecule has 4 heteroatoms. The average molecular weight is 264 g/mol. The van der Waals surface area contributed by atoms with Crippen LogP contribution in [0, 0.1) is 6.92 Å². The summed E-state index contributed by atoms with van der Waals surface area (Å²) in [6, 6.07) is 17.7. The van der Waals surface area contributed by atoms with Crippen LogP contribution in [0.5, 0.6) is 0 Å². The Balaban J connectivity index is 1.89. The molecule has 2 aromatic carbocycles. The molecule has 3 N–H and O–H groups in total. The van der Waals surface area contributed by atoms with E-state index in [0.717, 1.165) is 11.1 Å². The lowest BCUT2D eigenvalue weighted by Gasteiger charge is -2.07. The van der Waals surface area contributed by atoms with Gasteiger partial charge in [0.15, 0.2) is 5.82 Å². The maximum absolute atomic E-state index is 6.20.